The van der Waals surface area contributed by atoms with Gasteiger partial charge in [0.15, 0.2) is 0 Å². The molecule has 50 heavy (non-hydrogen) atoms. The lowest BCUT2D eigenvalue weighted by Crippen LogP contribution is -2.64. The van der Waals surface area contributed by atoms with Crippen molar-refractivity contribution >= 4 is 21.8 Å². The Morgan fingerprint density at radius 2 is 1.82 bits per heavy atom. The summed E-state index contributed by atoms with van der Waals surface area (Å²) in [5.74, 6) is -1.49. The maximum Gasteiger partial charge on any atom is 0.416 e. The maximum absolute atomic E-state index is 13.7. The Morgan fingerprint density at radius 3 is 2.42 bits per heavy atom. The number of alkyl halides is 3. The molecule has 0 spiro atoms. The van der Waals surface area contributed by atoms with Gasteiger partial charge in [-0.05, 0) is 80.5 Å². The number of sulfonamides is 1. The van der Waals surface area contributed by atoms with E-state index in [-0.39, 0.29) is 61.9 Å². The Kier molecular flexibility index (Phi) is 14.6. The fraction of sp³-hybridized carbons (Fsp3) is 0.486. The van der Waals surface area contributed by atoms with Gasteiger partial charge in [-0.25, -0.2) is 12.7 Å². The van der Waals surface area contributed by atoms with Crippen molar-refractivity contribution in [1.82, 2.24) is 14.5 Å². The predicted octanol–water partition coefficient (Wildman–Crippen LogP) is 4.05. The lowest BCUT2D eigenvalue weighted by Gasteiger charge is -2.43. The minimum atomic E-state index is -4.75. The second kappa shape index (κ2) is 17.9. The van der Waals surface area contributed by atoms with Gasteiger partial charge >= 0.3 is 6.18 Å². The molecular weight excluding hydrogens is 677 g/mol. The van der Waals surface area contributed by atoms with E-state index in [1.807, 2.05) is 0 Å². The van der Waals surface area contributed by atoms with E-state index in [4.69, 9.17) is 15.2 Å². The molecular formula is C35H47F3N4O7S. The quantitative estimate of drug-likeness (QED) is 0.118. The number of nitrogens with one attached hydrogen (secondary N) is 1. The number of hydrogen-bond acceptors (Lipinski definition) is 8. The molecule has 0 radical (unpaired) electrons. The number of aliphatic hydroxyl groups is 1. The molecule has 4 N–H and O–H groups in total. The van der Waals surface area contributed by atoms with E-state index >= 15 is 0 Å². The number of aryl methyl sites for hydroxylation is 2. The largest absolute Gasteiger partial charge is 0.494 e. The maximum atomic E-state index is 13.7. The second-order valence-corrected chi connectivity index (χ2v) is 14.4. The molecule has 3 rings (SSSR count). The second-order valence-electron chi connectivity index (χ2n) is 12.3. The molecule has 2 amide bonds. The van der Waals surface area contributed by atoms with Gasteiger partial charge in [0.25, 0.3) is 11.8 Å². The Bertz CT molecular complexity index is 1610. The highest BCUT2D eigenvalue weighted by Gasteiger charge is 2.43. The van der Waals surface area contributed by atoms with Crippen molar-refractivity contribution in [3.05, 3.63) is 89.5 Å². The van der Waals surface area contributed by atoms with Crippen molar-refractivity contribution in [2.75, 3.05) is 52.3 Å². The zero-order valence-corrected chi connectivity index (χ0v) is 29.3. The number of unbranched alkanes of at least 4 members (excludes halogenated alkanes) is 1. The number of nitrogens with two attached hydrogens (primary N) is 1. The first-order valence-electron chi connectivity index (χ1n) is 16.3. The molecule has 1 aliphatic heterocycles. The molecule has 276 valence electrons. The summed E-state index contributed by atoms with van der Waals surface area (Å²) in [7, 11) is -2.13. The SMILES string of the molecule is C=CCCCOc1cc(C(=O)NC2(C(N)O)CCN(S(=O)(=O)CCc3ccc(C(=O)N(C)CCOCC=C)cc3C)CC2)cc(C(F)(F)F)c1. The minimum absolute atomic E-state index is 0.0819. The van der Waals surface area contributed by atoms with Crippen LogP contribution in [0.25, 0.3) is 0 Å². The van der Waals surface area contributed by atoms with Crippen molar-refractivity contribution in [3.63, 3.8) is 0 Å². The average molecular weight is 725 g/mol. The summed E-state index contributed by atoms with van der Waals surface area (Å²) in [6, 6.07) is 7.77. The van der Waals surface area contributed by atoms with Crippen LogP contribution >= 0.6 is 0 Å². The normalized spacial score (nSPS) is 15.6. The van der Waals surface area contributed by atoms with E-state index in [0.29, 0.717) is 44.2 Å². The van der Waals surface area contributed by atoms with Crippen LogP contribution < -0.4 is 15.8 Å². The summed E-state index contributed by atoms with van der Waals surface area (Å²) < 4.78 is 79.7. The number of allylic oxidation sites excluding steroid dienone is 1. The predicted molar refractivity (Wildman–Crippen MR) is 184 cm³/mol. The van der Waals surface area contributed by atoms with Crippen LogP contribution in [-0.2, 0) is 27.4 Å². The zero-order chi connectivity index (χ0) is 37.1. The van der Waals surface area contributed by atoms with E-state index in [2.05, 4.69) is 18.5 Å². The number of amides is 2. The number of ether oxygens (including phenoxy) is 2. The molecule has 1 heterocycles. The lowest BCUT2D eigenvalue weighted by molar-refractivity contribution is -0.137. The number of halogens is 3. The average Bonchev–Trinajstić information content (AvgIpc) is 3.07. The third kappa shape index (κ3) is 11.1. The number of aliphatic hydroxyl groups excluding tert-OH is 1. The van der Waals surface area contributed by atoms with Gasteiger partial charge in [-0.2, -0.15) is 13.2 Å². The first-order valence-corrected chi connectivity index (χ1v) is 17.9. The summed E-state index contributed by atoms with van der Waals surface area (Å²) in [6.07, 6.45) is -1.98. The van der Waals surface area contributed by atoms with Crippen LogP contribution in [0.5, 0.6) is 5.75 Å². The number of piperidine rings is 1. The van der Waals surface area contributed by atoms with Gasteiger partial charge in [-0.3, -0.25) is 9.59 Å². The molecule has 0 aromatic heterocycles. The number of likely N-dealkylation sites (N-methyl/N-ethyl adjacent to an activating group) is 1. The summed E-state index contributed by atoms with van der Waals surface area (Å²) in [4.78, 5) is 27.6. The highest BCUT2D eigenvalue weighted by molar-refractivity contribution is 7.89. The van der Waals surface area contributed by atoms with Crippen LogP contribution in [0.3, 0.4) is 0 Å². The smallest absolute Gasteiger partial charge is 0.416 e. The Labute approximate surface area is 292 Å². The first kappa shape index (κ1) is 40.7. The van der Waals surface area contributed by atoms with Gasteiger partial charge in [-0.1, -0.05) is 18.2 Å². The third-order valence-electron chi connectivity index (χ3n) is 8.63. The van der Waals surface area contributed by atoms with Gasteiger partial charge < -0.3 is 30.5 Å². The van der Waals surface area contributed by atoms with Gasteiger partial charge in [0.05, 0.1) is 36.7 Å². The number of benzene rings is 2. The number of hydrogen-bond donors (Lipinski definition) is 3. The van der Waals surface area contributed by atoms with Crippen LogP contribution in [-0.4, -0.2) is 98.6 Å². The molecule has 1 unspecified atom stereocenters. The van der Waals surface area contributed by atoms with E-state index < -0.39 is 39.4 Å². The van der Waals surface area contributed by atoms with E-state index in [1.54, 1.807) is 44.3 Å². The standard InChI is InChI=1S/C35H47F3N4O7S/c1-5-7-8-18-49-30-23-28(22-29(24-30)35(36,37)38)31(43)40-34(33(39)45)12-14-42(15-13-34)50(46,47)20-11-26-9-10-27(21-25(26)3)32(44)41(4)16-19-48-17-6-2/h5-6,9-10,21-24,33,45H,1-2,7-8,11-20,39H2,3-4H3,(H,40,43). The first-order chi connectivity index (χ1) is 23.5. The summed E-state index contributed by atoms with van der Waals surface area (Å²) in [6.45, 7) is 10.0. The van der Waals surface area contributed by atoms with E-state index in [1.165, 1.54) is 15.3 Å². The van der Waals surface area contributed by atoms with Crippen molar-refractivity contribution < 1.29 is 45.8 Å². The van der Waals surface area contributed by atoms with E-state index in [9.17, 15) is 36.3 Å². The molecule has 1 saturated heterocycles. The molecule has 1 fully saturated rings. The molecule has 2 aromatic rings. The van der Waals surface area contributed by atoms with Gasteiger partial charge in [0.2, 0.25) is 10.0 Å². The number of nitrogens with zero attached hydrogens (tertiary/aromatic N) is 2. The monoisotopic (exact) mass is 724 g/mol. The molecule has 11 nitrogen and oxygen atoms in total. The van der Waals surface area contributed by atoms with Crippen molar-refractivity contribution in [2.24, 2.45) is 5.73 Å². The highest BCUT2D eigenvalue weighted by atomic mass is 32.2. The van der Waals surface area contributed by atoms with Gasteiger partial charge in [0.1, 0.15) is 12.0 Å². The molecule has 1 aliphatic rings. The summed E-state index contributed by atoms with van der Waals surface area (Å²) in [5, 5.41) is 13.1. The van der Waals surface area contributed by atoms with Crippen molar-refractivity contribution in [2.45, 2.75) is 57.0 Å². The summed E-state index contributed by atoms with van der Waals surface area (Å²) in [5.41, 5.74) is 4.92. The topological polar surface area (TPSA) is 151 Å². The van der Waals surface area contributed by atoms with Crippen LogP contribution in [0.1, 0.15) is 63.1 Å². The van der Waals surface area contributed by atoms with Gasteiger partial charge in [-0.15, -0.1) is 13.2 Å². The number of carbonyl (C=O) groups is 2. The summed E-state index contributed by atoms with van der Waals surface area (Å²) >= 11 is 0. The molecule has 1 atom stereocenters. The fourth-order valence-electron chi connectivity index (χ4n) is 5.52. The molecule has 15 heteroatoms. The molecule has 0 saturated carbocycles. The van der Waals surface area contributed by atoms with Crippen LogP contribution in [0.2, 0.25) is 0 Å². The third-order valence-corrected chi connectivity index (χ3v) is 10.5. The molecule has 2 aromatic carbocycles. The highest BCUT2D eigenvalue weighted by Crippen LogP contribution is 2.34. The van der Waals surface area contributed by atoms with Crippen LogP contribution in [0.15, 0.2) is 61.7 Å². The Balaban J connectivity index is 1.65. The number of carbonyl (C=O) groups excluding carboxylic acids is 2. The Morgan fingerprint density at radius 1 is 1.12 bits per heavy atom. The van der Waals surface area contributed by atoms with E-state index in [0.717, 1.165) is 17.2 Å². The van der Waals surface area contributed by atoms with Crippen molar-refractivity contribution in [1.29, 1.82) is 0 Å². The van der Waals surface area contributed by atoms with Crippen LogP contribution in [0.4, 0.5) is 13.2 Å². The zero-order valence-electron chi connectivity index (χ0n) is 28.5. The lowest BCUT2D eigenvalue weighted by atomic mass is 9.86. The molecule has 0 bridgehead atoms. The number of rotatable bonds is 18. The molecule has 0 aliphatic carbocycles. The minimum Gasteiger partial charge on any atom is -0.494 e. The Hall–Kier alpha value is -3.76. The van der Waals surface area contributed by atoms with Crippen molar-refractivity contribution in [3.8, 4) is 5.75 Å². The van der Waals surface area contributed by atoms with Crippen LogP contribution in [0, 0.1) is 6.92 Å². The van der Waals surface area contributed by atoms with Gasteiger partial charge in [0, 0.05) is 37.8 Å². The fourth-order valence-corrected chi connectivity index (χ4v) is 6.99.